The summed E-state index contributed by atoms with van der Waals surface area (Å²) in [5, 5.41) is 0. The lowest BCUT2D eigenvalue weighted by Gasteiger charge is -2.14. The predicted octanol–water partition coefficient (Wildman–Crippen LogP) is 3.08. The lowest BCUT2D eigenvalue weighted by Crippen LogP contribution is -2.15. The molecule has 1 aromatic carbocycles. The molecule has 0 N–H and O–H groups in total. The summed E-state index contributed by atoms with van der Waals surface area (Å²) in [6.45, 7) is 5.00. The predicted molar refractivity (Wildman–Crippen MR) is 79.0 cm³/mol. The molecular formula is C16H21N3. The van der Waals surface area contributed by atoms with Crippen LogP contribution in [0.2, 0.25) is 0 Å². The number of nitrogens with zero attached hydrogens (tertiary/aromatic N) is 3. The molecule has 0 spiro atoms. The summed E-state index contributed by atoms with van der Waals surface area (Å²) in [7, 11) is 4.07. The Morgan fingerprint density at radius 2 is 1.74 bits per heavy atom. The van der Waals surface area contributed by atoms with E-state index in [0.29, 0.717) is 0 Å². The minimum Gasteiger partial charge on any atom is -0.302 e. The molecule has 0 saturated carbocycles. The molecule has 0 bridgehead atoms. The maximum atomic E-state index is 4.72. The van der Waals surface area contributed by atoms with Gasteiger partial charge in [-0.3, -0.25) is 0 Å². The van der Waals surface area contributed by atoms with Gasteiger partial charge in [-0.05, 0) is 33.0 Å². The molecule has 0 saturated heterocycles. The zero-order valence-corrected chi connectivity index (χ0v) is 12.1. The van der Waals surface area contributed by atoms with E-state index in [0.717, 1.165) is 30.2 Å². The van der Waals surface area contributed by atoms with Crippen molar-refractivity contribution in [2.45, 2.75) is 26.8 Å². The summed E-state index contributed by atoms with van der Waals surface area (Å²) in [4.78, 5) is 11.5. The first-order chi connectivity index (χ1) is 9.11. The smallest absolute Gasteiger partial charge is 0.142 e. The van der Waals surface area contributed by atoms with Crippen LogP contribution >= 0.6 is 0 Å². The van der Waals surface area contributed by atoms with Crippen LogP contribution in [0.4, 0.5) is 0 Å². The fourth-order valence-electron chi connectivity index (χ4n) is 2.28. The summed E-state index contributed by atoms with van der Waals surface area (Å²) in [5.41, 5.74) is 4.59. The molecule has 19 heavy (non-hydrogen) atoms. The van der Waals surface area contributed by atoms with Crippen molar-refractivity contribution in [1.82, 2.24) is 14.9 Å². The van der Waals surface area contributed by atoms with Gasteiger partial charge in [0.25, 0.3) is 0 Å². The van der Waals surface area contributed by atoms with Gasteiger partial charge in [-0.2, -0.15) is 0 Å². The van der Waals surface area contributed by atoms with E-state index < -0.39 is 0 Å². The zero-order chi connectivity index (χ0) is 13.8. The normalized spacial score (nSPS) is 11.0. The quantitative estimate of drug-likeness (QED) is 0.840. The van der Waals surface area contributed by atoms with Crippen molar-refractivity contribution in [2.75, 3.05) is 14.1 Å². The summed E-state index contributed by atoms with van der Waals surface area (Å²) < 4.78 is 0. The first-order valence-electron chi connectivity index (χ1n) is 6.68. The molecule has 2 aromatic rings. The van der Waals surface area contributed by atoms with Crippen LogP contribution in [0.3, 0.4) is 0 Å². The van der Waals surface area contributed by atoms with Crippen LogP contribution in [0.15, 0.2) is 30.3 Å². The van der Waals surface area contributed by atoms with E-state index in [1.807, 2.05) is 20.2 Å². The van der Waals surface area contributed by atoms with Crippen molar-refractivity contribution in [3.8, 4) is 11.1 Å². The number of hydrogen-bond donors (Lipinski definition) is 0. The first-order valence-corrected chi connectivity index (χ1v) is 6.68. The Bertz CT molecular complexity index is 547. The molecule has 2 rings (SSSR count). The molecule has 0 aliphatic heterocycles. The molecule has 0 fully saturated rings. The average molecular weight is 255 g/mol. The highest BCUT2D eigenvalue weighted by Crippen LogP contribution is 2.25. The van der Waals surface area contributed by atoms with Gasteiger partial charge in [0.2, 0.25) is 0 Å². The van der Waals surface area contributed by atoms with E-state index in [4.69, 9.17) is 4.98 Å². The van der Waals surface area contributed by atoms with Crippen molar-refractivity contribution in [1.29, 1.82) is 0 Å². The molecule has 100 valence electrons. The zero-order valence-electron chi connectivity index (χ0n) is 12.1. The Hall–Kier alpha value is -1.74. The number of rotatable bonds is 4. The molecule has 1 aromatic heterocycles. The summed E-state index contributed by atoms with van der Waals surface area (Å²) in [6, 6.07) is 10.4. The van der Waals surface area contributed by atoms with Crippen molar-refractivity contribution in [3.05, 3.63) is 47.5 Å². The highest BCUT2D eigenvalue weighted by atomic mass is 15.1. The van der Waals surface area contributed by atoms with Gasteiger partial charge in [-0.1, -0.05) is 37.3 Å². The second kappa shape index (κ2) is 5.93. The van der Waals surface area contributed by atoms with Gasteiger partial charge in [-0.15, -0.1) is 0 Å². The van der Waals surface area contributed by atoms with Crippen LogP contribution in [0.5, 0.6) is 0 Å². The van der Waals surface area contributed by atoms with Crippen molar-refractivity contribution in [2.24, 2.45) is 0 Å². The number of hydrogen-bond acceptors (Lipinski definition) is 3. The molecule has 3 heteroatoms. The van der Waals surface area contributed by atoms with E-state index in [1.165, 1.54) is 11.1 Å². The molecule has 0 aliphatic rings. The van der Waals surface area contributed by atoms with Gasteiger partial charge in [0.05, 0.1) is 12.2 Å². The van der Waals surface area contributed by atoms with E-state index in [-0.39, 0.29) is 0 Å². The Kier molecular flexibility index (Phi) is 4.27. The van der Waals surface area contributed by atoms with Crippen LogP contribution in [0, 0.1) is 6.92 Å². The lowest BCUT2D eigenvalue weighted by atomic mass is 10.0. The van der Waals surface area contributed by atoms with Crippen molar-refractivity contribution >= 4 is 0 Å². The second-order valence-corrected chi connectivity index (χ2v) is 5.00. The number of aromatic nitrogens is 2. The van der Waals surface area contributed by atoms with E-state index in [2.05, 4.69) is 48.0 Å². The van der Waals surface area contributed by atoms with Crippen LogP contribution in [-0.2, 0) is 13.0 Å². The summed E-state index contributed by atoms with van der Waals surface area (Å²) in [5.74, 6) is 0.902. The van der Waals surface area contributed by atoms with Crippen LogP contribution in [0.25, 0.3) is 11.1 Å². The largest absolute Gasteiger partial charge is 0.302 e. The van der Waals surface area contributed by atoms with Gasteiger partial charge >= 0.3 is 0 Å². The van der Waals surface area contributed by atoms with E-state index in [9.17, 15) is 0 Å². The highest BCUT2D eigenvalue weighted by Gasteiger charge is 2.12. The van der Waals surface area contributed by atoms with Crippen LogP contribution < -0.4 is 0 Å². The topological polar surface area (TPSA) is 29.0 Å². The van der Waals surface area contributed by atoms with Gasteiger partial charge in [0.15, 0.2) is 0 Å². The highest BCUT2D eigenvalue weighted by molar-refractivity contribution is 5.68. The SMILES string of the molecule is CCc1nc(CN(C)C)nc(C)c1-c1ccccc1. The average Bonchev–Trinajstić information content (AvgIpc) is 2.38. The first kappa shape index (κ1) is 13.7. The third-order valence-electron chi connectivity index (χ3n) is 3.07. The Labute approximate surface area is 115 Å². The molecule has 0 atom stereocenters. The fraction of sp³-hybridized carbons (Fsp3) is 0.375. The van der Waals surface area contributed by atoms with E-state index in [1.54, 1.807) is 0 Å². The Morgan fingerprint density at radius 3 is 2.32 bits per heavy atom. The molecule has 0 unspecified atom stereocenters. The van der Waals surface area contributed by atoms with Gasteiger partial charge in [0.1, 0.15) is 5.82 Å². The van der Waals surface area contributed by atoms with Crippen molar-refractivity contribution in [3.63, 3.8) is 0 Å². The second-order valence-electron chi connectivity index (χ2n) is 5.00. The molecule has 0 amide bonds. The minimum absolute atomic E-state index is 0.781. The van der Waals surface area contributed by atoms with Gasteiger partial charge < -0.3 is 4.90 Å². The maximum absolute atomic E-state index is 4.72. The Morgan fingerprint density at radius 1 is 1.05 bits per heavy atom. The third kappa shape index (κ3) is 3.18. The molecule has 1 heterocycles. The lowest BCUT2D eigenvalue weighted by molar-refractivity contribution is 0.389. The monoisotopic (exact) mass is 255 g/mol. The number of benzene rings is 1. The van der Waals surface area contributed by atoms with Crippen molar-refractivity contribution < 1.29 is 0 Å². The summed E-state index contributed by atoms with van der Waals surface area (Å²) >= 11 is 0. The van der Waals surface area contributed by atoms with Gasteiger partial charge in [0, 0.05) is 11.3 Å². The standard InChI is InChI=1S/C16H21N3/c1-5-14-16(13-9-7-6-8-10-13)12(2)17-15(18-14)11-19(3)4/h6-10H,5,11H2,1-4H3. The molecule has 3 nitrogen and oxygen atoms in total. The maximum Gasteiger partial charge on any atom is 0.142 e. The van der Waals surface area contributed by atoms with Crippen LogP contribution in [-0.4, -0.2) is 29.0 Å². The van der Waals surface area contributed by atoms with E-state index >= 15 is 0 Å². The Balaban J connectivity index is 2.50. The van der Waals surface area contributed by atoms with Gasteiger partial charge in [-0.25, -0.2) is 9.97 Å². The fourth-order valence-corrected chi connectivity index (χ4v) is 2.28. The minimum atomic E-state index is 0.781. The number of aryl methyl sites for hydroxylation is 2. The van der Waals surface area contributed by atoms with Crippen LogP contribution in [0.1, 0.15) is 24.1 Å². The molecular weight excluding hydrogens is 234 g/mol. The molecule has 0 aliphatic carbocycles. The third-order valence-corrected chi connectivity index (χ3v) is 3.07. The molecule has 0 radical (unpaired) electrons. The summed E-state index contributed by atoms with van der Waals surface area (Å²) in [6.07, 6.45) is 0.925.